The number of rotatable bonds is 4. The maximum Gasteiger partial charge on any atom is 0.252 e. The third kappa shape index (κ3) is 7.47. The van der Waals surface area contributed by atoms with Gasteiger partial charge in [-0.1, -0.05) is 156 Å². The van der Waals surface area contributed by atoms with Gasteiger partial charge in [0.05, 0.1) is 0 Å². The van der Waals surface area contributed by atoms with E-state index < -0.39 is 0 Å². The molecule has 0 radical (unpaired) electrons. The minimum Gasteiger partial charge on any atom is -0.436 e. The van der Waals surface area contributed by atoms with E-state index in [4.69, 9.17) is 9.40 Å². The average molecular weight is 852 g/mol. The number of hydrogen-bond donors (Lipinski definition) is 0. The maximum atomic E-state index is 6.82. The van der Waals surface area contributed by atoms with Crippen molar-refractivity contribution in [2.24, 2.45) is 0 Å². The Hall–Kier alpha value is -6.33. The lowest BCUT2D eigenvalue weighted by molar-refractivity contribution is 0.590. The van der Waals surface area contributed by atoms with Gasteiger partial charge in [0, 0.05) is 39.7 Å². The molecular weight excluding hydrogens is 789 g/mol. The van der Waals surface area contributed by atoms with Crippen LogP contribution in [0.25, 0.3) is 33.7 Å². The summed E-state index contributed by atoms with van der Waals surface area (Å²) in [6.07, 6.45) is 0. The molecule has 10 rings (SSSR count). The lowest BCUT2D eigenvalue weighted by Gasteiger charge is -2.44. The molecule has 8 aromatic rings. The summed E-state index contributed by atoms with van der Waals surface area (Å²) in [7, 11) is 0. The van der Waals surface area contributed by atoms with Crippen LogP contribution in [0, 0.1) is 6.92 Å². The van der Waals surface area contributed by atoms with E-state index in [1.54, 1.807) is 0 Å². The van der Waals surface area contributed by atoms with Crippen LogP contribution in [0.1, 0.15) is 111 Å². The van der Waals surface area contributed by atoms with E-state index in [9.17, 15) is 0 Å². The molecule has 2 aliphatic heterocycles. The van der Waals surface area contributed by atoms with Crippen molar-refractivity contribution < 1.29 is 4.42 Å². The van der Waals surface area contributed by atoms with E-state index in [0.717, 1.165) is 33.7 Å². The lowest BCUT2D eigenvalue weighted by Crippen LogP contribution is -2.61. The van der Waals surface area contributed by atoms with Crippen LogP contribution in [0.5, 0.6) is 0 Å². The lowest BCUT2D eigenvalue weighted by atomic mass is 9.33. The van der Waals surface area contributed by atoms with E-state index in [0.29, 0.717) is 5.89 Å². The average Bonchev–Trinajstić information content (AvgIpc) is 3.67. The highest BCUT2D eigenvalue weighted by molar-refractivity contribution is 7.00. The summed E-state index contributed by atoms with van der Waals surface area (Å²) in [4.78, 5) is 10.2. The van der Waals surface area contributed by atoms with Crippen LogP contribution in [0.15, 0.2) is 144 Å². The highest BCUT2D eigenvalue weighted by atomic mass is 16.3. The van der Waals surface area contributed by atoms with Gasteiger partial charge in [0.15, 0.2) is 5.58 Å². The van der Waals surface area contributed by atoms with Crippen molar-refractivity contribution in [2.45, 2.75) is 112 Å². The first-order chi connectivity index (χ1) is 30.6. The molecule has 326 valence electrons. The standard InChI is InChI=1S/C60H62BN3O/c1-37-32-52-55-53(33-37)64(46-29-24-43(25-30-46)59(8,9)10)51-36-49-54(65-56(62-49)40-16-14-38(15-17-40)39-18-20-41(21-19-39)57(2,3)4)35-48(51)61(55)47-34-44(60(11,12)13)26-31-50(47)63(52)45-27-22-42(23-28-45)58(5,6)7/h14-36H,1-13H3. The van der Waals surface area contributed by atoms with E-state index in [1.165, 1.54) is 72.4 Å². The van der Waals surface area contributed by atoms with Crippen LogP contribution >= 0.6 is 0 Å². The summed E-state index contributed by atoms with van der Waals surface area (Å²) in [6.45, 7) is 29.6. The second kappa shape index (κ2) is 14.9. The Bertz CT molecular complexity index is 3110. The Labute approximate surface area is 387 Å². The highest BCUT2D eigenvalue weighted by Crippen LogP contribution is 2.46. The fourth-order valence-corrected chi connectivity index (χ4v) is 9.89. The fourth-order valence-electron chi connectivity index (χ4n) is 9.89. The van der Waals surface area contributed by atoms with Gasteiger partial charge in [-0.2, -0.15) is 0 Å². The number of aryl methyl sites for hydroxylation is 1. The largest absolute Gasteiger partial charge is 0.436 e. The first-order valence-electron chi connectivity index (χ1n) is 23.4. The molecule has 3 heterocycles. The van der Waals surface area contributed by atoms with Crippen LogP contribution in [0.4, 0.5) is 34.1 Å². The molecule has 1 aromatic heterocycles. The van der Waals surface area contributed by atoms with Crippen LogP contribution in [-0.2, 0) is 21.7 Å². The van der Waals surface area contributed by atoms with Crippen molar-refractivity contribution >= 4 is 68.3 Å². The molecule has 0 spiro atoms. The Kier molecular flexibility index (Phi) is 9.74. The quantitative estimate of drug-likeness (QED) is 0.165. The van der Waals surface area contributed by atoms with Gasteiger partial charge in [-0.15, -0.1) is 0 Å². The molecule has 5 heteroatoms. The van der Waals surface area contributed by atoms with Gasteiger partial charge in [0.1, 0.15) is 5.52 Å². The van der Waals surface area contributed by atoms with Crippen LogP contribution in [-0.4, -0.2) is 11.7 Å². The number of oxazole rings is 1. The molecule has 0 bridgehead atoms. The number of anilines is 6. The second-order valence-electron chi connectivity index (χ2n) is 22.7. The van der Waals surface area contributed by atoms with Crippen LogP contribution in [0.3, 0.4) is 0 Å². The summed E-state index contributed by atoms with van der Waals surface area (Å²) < 4.78 is 6.82. The molecule has 2 aliphatic rings. The van der Waals surface area contributed by atoms with Crippen molar-refractivity contribution in [1.82, 2.24) is 4.98 Å². The molecule has 7 aromatic carbocycles. The summed E-state index contributed by atoms with van der Waals surface area (Å²) in [5.41, 5.74) is 22.4. The Balaban J connectivity index is 1.18. The van der Waals surface area contributed by atoms with Crippen molar-refractivity contribution in [3.05, 3.63) is 167 Å². The van der Waals surface area contributed by atoms with E-state index in [2.05, 4.69) is 239 Å². The molecule has 0 saturated heterocycles. The highest BCUT2D eigenvalue weighted by Gasteiger charge is 2.44. The van der Waals surface area contributed by atoms with Gasteiger partial charge >= 0.3 is 0 Å². The zero-order valence-corrected chi connectivity index (χ0v) is 40.6. The number of hydrogen-bond acceptors (Lipinski definition) is 4. The molecule has 0 atom stereocenters. The van der Waals surface area contributed by atoms with E-state index >= 15 is 0 Å². The third-order valence-electron chi connectivity index (χ3n) is 13.8. The molecule has 0 fully saturated rings. The normalized spacial score (nSPS) is 13.8. The van der Waals surface area contributed by atoms with Crippen molar-refractivity contribution in [2.75, 3.05) is 9.80 Å². The number of fused-ring (bicyclic) bond motifs is 5. The predicted octanol–water partition coefficient (Wildman–Crippen LogP) is 14.7. The molecule has 65 heavy (non-hydrogen) atoms. The second-order valence-corrected chi connectivity index (χ2v) is 22.7. The predicted molar refractivity (Wildman–Crippen MR) is 278 cm³/mol. The first kappa shape index (κ1) is 42.6. The first-order valence-corrected chi connectivity index (χ1v) is 23.4. The Morgan fingerprint density at radius 3 is 1.32 bits per heavy atom. The van der Waals surface area contributed by atoms with Crippen LogP contribution < -0.4 is 26.2 Å². The molecule has 0 N–H and O–H groups in total. The summed E-state index contributed by atoms with van der Waals surface area (Å²) in [5, 5.41) is 0. The SMILES string of the molecule is Cc1cc2c3c(c1)N(c1ccc(C(C)(C)C)cc1)c1cc4nc(-c5ccc(-c6ccc(C(C)(C)C)cc6)cc5)oc4cc1B3c1cc(C(C)(C)C)ccc1N2c1ccc(C(C)(C)C)cc1. The summed E-state index contributed by atoms with van der Waals surface area (Å²) in [5.74, 6) is 0.621. The molecule has 0 unspecified atom stereocenters. The molecule has 4 nitrogen and oxygen atoms in total. The zero-order chi connectivity index (χ0) is 46.0. The molecule has 0 aliphatic carbocycles. The van der Waals surface area contributed by atoms with Gasteiger partial charge in [-0.3, -0.25) is 0 Å². The Morgan fingerprint density at radius 1 is 0.415 bits per heavy atom. The fraction of sp³-hybridized carbons (Fsp3) is 0.283. The maximum absolute atomic E-state index is 6.82. The van der Waals surface area contributed by atoms with Crippen LogP contribution in [0.2, 0.25) is 0 Å². The number of nitrogens with zero attached hydrogens (tertiary/aromatic N) is 3. The third-order valence-corrected chi connectivity index (χ3v) is 13.8. The van der Waals surface area contributed by atoms with Crippen molar-refractivity contribution in [1.29, 1.82) is 0 Å². The van der Waals surface area contributed by atoms with Gasteiger partial charge in [-0.25, -0.2) is 4.98 Å². The molecular formula is C60H62BN3O. The number of aromatic nitrogens is 1. The van der Waals surface area contributed by atoms with Gasteiger partial charge in [-0.05, 0) is 151 Å². The van der Waals surface area contributed by atoms with E-state index in [-0.39, 0.29) is 28.4 Å². The monoisotopic (exact) mass is 851 g/mol. The van der Waals surface area contributed by atoms with Gasteiger partial charge in [0.25, 0.3) is 6.71 Å². The minimum absolute atomic E-state index is 0.0296. The molecule has 0 saturated carbocycles. The van der Waals surface area contributed by atoms with E-state index in [1.807, 2.05) is 0 Å². The molecule has 0 amide bonds. The smallest absolute Gasteiger partial charge is 0.252 e. The summed E-state index contributed by atoms with van der Waals surface area (Å²) >= 11 is 0. The summed E-state index contributed by atoms with van der Waals surface area (Å²) in [6, 6.07) is 52.5. The Morgan fingerprint density at radius 2 is 0.831 bits per heavy atom. The zero-order valence-electron chi connectivity index (χ0n) is 40.6. The minimum atomic E-state index is -0.0509. The van der Waals surface area contributed by atoms with Crippen molar-refractivity contribution in [3.8, 4) is 22.6 Å². The number of benzene rings is 7. The van der Waals surface area contributed by atoms with Gasteiger partial charge in [0.2, 0.25) is 5.89 Å². The topological polar surface area (TPSA) is 32.5 Å². The van der Waals surface area contributed by atoms with Crippen molar-refractivity contribution in [3.63, 3.8) is 0 Å². The van der Waals surface area contributed by atoms with Gasteiger partial charge < -0.3 is 14.2 Å².